The van der Waals surface area contributed by atoms with Crippen molar-refractivity contribution in [2.75, 3.05) is 45.4 Å². The summed E-state index contributed by atoms with van der Waals surface area (Å²) in [5.74, 6) is 1.61. The summed E-state index contributed by atoms with van der Waals surface area (Å²) in [7, 11) is 3.33. The summed E-state index contributed by atoms with van der Waals surface area (Å²) < 4.78 is 15.0. The number of hydrogen-bond acceptors (Lipinski definition) is 7. The number of hydrogen-bond donors (Lipinski definition) is 1. The van der Waals surface area contributed by atoms with Crippen LogP contribution in [-0.2, 0) is 22.4 Å². The molecule has 0 aliphatic rings. The molecule has 1 heterocycles. The molecule has 0 radical (unpaired) electrons. The number of carbonyl (C=O) groups excluding carboxylic acids is 1. The molecule has 7 nitrogen and oxygen atoms in total. The molecule has 0 saturated carbocycles. The van der Waals surface area contributed by atoms with Gasteiger partial charge in [0.25, 0.3) is 0 Å². The highest BCUT2D eigenvalue weighted by molar-refractivity contribution is 7.09. The van der Waals surface area contributed by atoms with Gasteiger partial charge in [-0.2, -0.15) is 4.37 Å². The molecular formula is C24H30N4O3S. The zero-order valence-corrected chi connectivity index (χ0v) is 19.4. The van der Waals surface area contributed by atoms with Gasteiger partial charge in [-0.1, -0.05) is 42.5 Å². The Labute approximate surface area is 193 Å². The minimum Gasteiger partial charge on any atom is -0.497 e. The zero-order valence-electron chi connectivity index (χ0n) is 18.6. The molecule has 2 aromatic carbocycles. The minimum atomic E-state index is 0.0319. The topological polar surface area (TPSA) is 76.6 Å². The second-order valence-electron chi connectivity index (χ2n) is 7.34. The minimum absolute atomic E-state index is 0.0319. The fourth-order valence-corrected chi connectivity index (χ4v) is 3.97. The van der Waals surface area contributed by atoms with Crippen LogP contribution in [0.3, 0.4) is 0 Å². The molecular weight excluding hydrogens is 424 g/mol. The molecule has 32 heavy (non-hydrogen) atoms. The Kier molecular flexibility index (Phi) is 9.46. The first kappa shape index (κ1) is 23.7. The molecule has 0 bridgehead atoms. The number of nitrogens with zero attached hydrogens (tertiary/aromatic N) is 3. The van der Waals surface area contributed by atoms with Crippen LogP contribution in [0.5, 0.6) is 5.75 Å². The molecule has 0 aliphatic heterocycles. The summed E-state index contributed by atoms with van der Waals surface area (Å²) in [6.45, 7) is 2.40. The first-order valence-electron chi connectivity index (χ1n) is 10.7. The van der Waals surface area contributed by atoms with E-state index in [-0.39, 0.29) is 5.91 Å². The van der Waals surface area contributed by atoms with Crippen LogP contribution in [0.2, 0.25) is 0 Å². The van der Waals surface area contributed by atoms with Gasteiger partial charge in [0.2, 0.25) is 11.0 Å². The lowest BCUT2D eigenvalue weighted by Crippen LogP contribution is -2.33. The molecule has 8 heteroatoms. The number of methoxy groups -OCH3 is 2. The van der Waals surface area contributed by atoms with Crippen LogP contribution in [0.4, 0.5) is 5.13 Å². The van der Waals surface area contributed by atoms with Crippen molar-refractivity contribution in [3.05, 3.63) is 71.5 Å². The molecule has 3 rings (SSSR count). The predicted molar refractivity (Wildman–Crippen MR) is 128 cm³/mol. The van der Waals surface area contributed by atoms with Crippen molar-refractivity contribution in [3.63, 3.8) is 0 Å². The summed E-state index contributed by atoms with van der Waals surface area (Å²) in [5.41, 5.74) is 2.31. The van der Waals surface area contributed by atoms with Crippen molar-refractivity contribution in [1.29, 1.82) is 0 Å². The fraction of sp³-hybridized carbons (Fsp3) is 0.375. The van der Waals surface area contributed by atoms with Crippen LogP contribution >= 0.6 is 11.5 Å². The SMILES string of the molecule is COCCN(CCC(=O)NCCc1ccccc1)c1nc(Cc2cccc(OC)c2)ns1. The number of rotatable bonds is 13. The molecule has 0 saturated heterocycles. The predicted octanol–water partition coefficient (Wildman–Crippen LogP) is 3.34. The van der Waals surface area contributed by atoms with E-state index in [4.69, 9.17) is 14.5 Å². The van der Waals surface area contributed by atoms with E-state index >= 15 is 0 Å². The van der Waals surface area contributed by atoms with E-state index in [1.54, 1.807) is 14.2 Å². The van der Waals surface area contributed by atoms with Gasteiger partial charge >= 0.3 is 0 Å². The molecule has 0 spiro atoms. The van der Waals surface area contributed by atoms with Gasteiger partial charge in [-0.15, -0.1) is 0 Å². The number of ether oxygens (including phenoxy) is 2. The summed E-state index contributed by atoms with van der Waals surface area (Å²) in [5, 5.41) is 3.80. The molecule has 1 amide bonds. The second-order valence-corrected chi connectivity index (χ2v) is 8.07. The van der Waals surface area contributed by atoms with Gasteiger partial charge in [0, 0.05) is 51.1 Å². The third-order valence-electron chi connectivity index (χ3n) is 4.98. The quantitative estimate of drug-likeness (QED) is 0.427. The number of aromatic nitrogens is 2. The summed E-state index contributed by atoms with van der Waals surface area (Å²) in [6, 6.07) is 18.0. The van der Waals surface area contributed by atoms with Crippen molar-refractivity contribution in [3.8, 4) is 5.75 Å². The molecule has 1 N–H and O–H groups in total. The lowest BCUT2D eigenvalue weighted by atomic mass is 10.1. The van der Waals surface area contributed by atoms with Crippen LogP contribution in [-0.4, -0.2) is 55.7 Å². The maximum atomic E-state index is 12.3. The highest BCUT2D eigenvalue weighted by Gasteiger charge is 2.15. The van der Waals surface area contributed by atoms with E-state index in [1.165, 1.54) is 17.1 Å². The van der Waals surface area contributed by atoms with Crippen LogP contribution in [0.25, 0.3) is 0 Å². The molecule has 3 aromatic rings. The largest absolute Gasteiger partial charge is 0.497 e. The Hall–Kier alpha value is -2.97. The summed E-state index contributed by atoms with van der Waals surface area (Å²) >= 11 is 1.35. The van der Waals surface area contributed by atoms with Gasteiger partial charge in [-0.3, -0.25) is 4.79 Å². The van der Waals surface area contributed by atoms with Crippen molar-refractivity contribution in [2.45, 2.75) is 19.3 Å². The number of anilines is 1. The fourth-order valence-electron chi connectivity index (χ4n) is 3.23. The van der Waals surface area contributed by atoms with E-state index in [0.29, 0.717) is 39.1 Å². The van der Waals surface area contributed by atoms with E-state index < -0.39 is 0 Å². The van der Waals surface area contributed by atoms with Crippen LogP contribution in [0, 0.1) is 0 Å². The van der Waals surface area contributed by atoms with Crippen LogP contribution in [0.15, 0.2) is 54.6 Å². The maximum Gasteiger partial charge on any atom is 0.221 e. The molecule has 0 aliphatic carbocycles. The number of benzene rings is 2. The summed E-state index contributed by atoms with van der Waals surface area (Å²) in [6.07, 6.45) is 1.85. The van der Waals surface area contributed by atoms with Crippen molar-refractivity contribution < 1.29 is 14.3 Å². The zero-order chi connectivity index (χ0) is 22.6. The maximum absolute atomic E-state index is 12.3. The molecule has 0 atom stereocenters. The average molecular weight is 455 g/mol. The van der Waals surface area contributed by atoms with Gasteiger partial charge in [0.05, 0.1) is 13.7 Å². The Morgan fingerprint density at radius 3 is 2.66 bits per heavy atom. The standard InChI is InChI=1S/C24H30N4O3S/c1-30-16-15-28(14-12-23(29)25-13-11-19-7-4-3-5-8-19)24-26-22(27-32-24)18-20-9-6-10-21(17-20)31-2/h3-10,17H,11-16,18H2,1-2H3,(H,25,29). The van der Waals surface area contributed by atoms with E-state index in [0.717, 1.165) is 28.7 Å². The molecule has 1 aromatic heterocycles. The molecule has 0 unspecified atom stereocenters. The Balaban J connectivity index is 1.52. The van der Waals surface area contributed by atoms with Crippen molar-refractivity contribution in [2.24, 2.45) is 0 Å². The Bertz CT molecular complexity index is 965. The number of carbonyl (C=O) groups is 1. The number of amides is 1. The second kappa shape index (κ2) is 12.8. The summed E-state index contributed by atoms with van der Waals surface area (Å²) in [4.78, 5) is 19.1. The van der Waals surface area contributed by atoms with Gasteiger partial charge < -0.3 is 19.7 Å². The van der Waals surface area contributed by atoms with Crippen molar-refractivity contribution >= 4 is 22.6 Å². The highest BCUT2D eigenvalue weighted by Crippen LogP contribution is 2.21. The third kappa shape index (κ3) is 7.62. The smallest absolute Gasteiger partial charge is 0.221 e. The van der Waals surface area contributed by atoms with Gasteiger partial charge in [-0.05, 0) is 29.7 Å². The van der Waals surface area contributed by atoms with E-state index in [2.05, 4.69) is 26.7 Å². The average Bonchev–Trinajstić information content (AvgIpc) is 3.28. The third-order valence-corrected chi connectivity index (χ3v) is 5.79. The lowest BCUT2D eigenvalue weighted by molar-refractivity contribution is -0.120. The first-order chi connectivity index (χ1) is 15.7. The van der Waals surface area contributed by atoms with E-state index in [9.17, 15) is 4.79 Å². The van der Waals surface area contributed by atoms with Crippen LogP contribution in [0.1, 0.15) is 23.4 Å². The van der Waals surface area contributed by atoms with Crippen molar-refractivity contribution in [1.82, 2.24) is 14.7 Å². The first-order valence-corrected chi connectivity index (χ1v) is 11.5. The molecule has 0 fully saturated rings. The highest BCUT2D eigenvalue weighted by atomic mass is 32.1. The van der Waals surface area contributed by atoms with Gasteiger partial charge in [-0.25, -0.2) is 4.98 Å². The number of nitrogens with one attached hydrogen (secondary N) is 1. The molecule has 170 valence electrons. The van der Waals surface area contributed by atoms with E-state index in [1.807, 2.05) is 42.5 Å². The monoisotopic (exact) mass is 454 g/mol. The lowest BCUT2D eigenvalue weighted by Gasteiger charge is -2.20. The van der Waals surface area contributed by atoms with Gasteiger partial charge in [0.15, 0.2) is 0 Å². The Morgan fingerprint density at radius 1 is 1.06 bits per heavy atom. The van der Waals surface area contributed by atoms with Gasteiger partial charge in [0.1, 0.15) is 11.6 Å². The Morgan fingerprint density at radius 2 is 1.88 bits per heavy atom. The normalized spacial score (nSPS) is 10.7. The van der Waals surface area contributed by atoms with Crippen LogP contribution < -0.4 is 15.0 Å².